The molecule has 0 unspecified atom stereocenters. The number of ether oxygens (including phenoxy) is 1. The van der Waals surface area contributed by atoms with Crippen LogP contribution in [-0.2, 0) is 21.5 Å². The van der Waals surface area contributed by atoms with E-state index in [1.807, 2.05) is 12.1 Å². The van der Waals surface area contributed by atoms with Crippen LogP contribution in [0.2, 0.25) is 5.02 Å². The first-order chi connectivity index (χ1) is 25.6. The molecule has 282 valence electrons. The minimum Gasteiger partial charge on any atom is -0.454 e. The summed E-state index contributed by atoms with van der Waals surface area (Å²) in [6, 6.07) is 17.8. The molecule has 3 aromatic carbocycles. The van der Waals surface area contributed by atoms with Gasteiger partial charge >= 0.3 is 24.0 Å². The van der Waals surface area contributed by atoms with E-state index in [2.05, 4.69) is 41.5 Å². The lowest BCUT2D eigenvalue weighted by Crippen LogP contribution is -2.44. The lowest BCUT2D eigenvalue weighted by Gasteiger charge is -2.25. The summed E-state index contributed by atoms with van der Waals surface area (Å²) in [5, 5.41) is 14.6. The van der Waals surface area contributed by atoms with Gasteiger partial charge in [0.05, 0.1) is 5.54 Å². The van der Waals surface area contributed by atoms with E-state index in [1.165, 1.54) is 12.1 Å². The van der Waals surface area contributed by atoms with Crippen molar-refractivity contribution in [2.75, 3.05) is 35.6 Å². The van der Waals surface area contributed by atoms with E-state index in [4.69, 9.17) is 16.3 Å². The van der Waals surface area contributed by atoms with Crippen LogP contribution < -0.4 is 31.3 Å². The number of ketones is 1. The van der Waals surface area contributed by atoms with Crippen molar-refractivity contribution >= 4 is 58.4 Å². The summed E-state index contributed by atoms with van der Waals surface area (Å²) < 4.78 is 43.7. The Morgan fingerprint density at radius 2 is 1.50 bits per heavy atom. The third-order valence-corrected chi connectivity index (χ3v) is 9.08. The van der Waals surface area contributed by atoms with Crippen LogP contribution >= 0.6 is 11.6 Å². The van der Waals surface area contributed by atoms with E-state index in [9.17, 15) is 32.3 Å². The van der Waals surface area contributed by atoms with Crippen LogP contribution in [0.4, 0.5) is 36.4 Å². The van der Waals surface area contributed by atoms with Gasteiger partial charge in [0.15, 0.2) is 12.4 Å². The molecule has 0 spiro atoms. The van der Waals surface area contributed by atoms with Gasteiger partial charge in [0, 0.05) is 47.0 Å². The van der Waals surface area contributed by atoms with Crippen molar-refractivity contribution in [3.05, 3.63) is 94.0 Å². The van der Waals surface area contributed by atoms with E-state index in [-0.39, 0.29) is 30.8 Å². The van der Waals surface area contributed by atoms with E-state index >= 15 is 0 Å². The normalized spacial score (nSPS) is 14.4. The first-order valence-corrected chi connectivity index (χ1v) is 17.3. The maximum atomic E-state index is 13.0. The molecule has 0 bridgehead atoms. The zero-order valence-electron chi connectivity index (χ0n) is 29.2. The van der Waals surface area contributed by atoms with Crippen LogP contribution in [0.25, 0.3) is 0 Å². The summed E-state index contributed by atoms with van der Waals surface area (Å²) in [4.78, 5) is 62.2. The number of hydrogen-bond acceptors (Lipinski definition) is 10. The fraction of sp³-hybridized carbons (Fsp3) is 0.324. The number of carbonyl (C=O) groups is 4. The van der Waals surface area contributed by atoms with Crippen LogP contribution in [0.15, 0.2) is 66.7 Å². The molecular formula is C37H36ClF3N8O5. The number of Topliss-reactive ketones (excluding diaryl/α,β-unsaturated/α-hetero) is 1. The number of amides is 3. The van der Waals surface area contributed by atoms with Crippen molar-refractivity contribution in [2.45, 2.75) is 51.2 Å². The smallest absolute Gasteiger partial charge is 0.422 e. The monoisotopic (exact) mass is 764 g/mol. The molecule has 54 heavy (non-hydrogen) atoms. The Balaban J connectivity index is 1.02. The van der Waals surface area contributed by atoms with E-state index in [1.54, 1.807) is 56.3 Å². The number of carbonyl (C=O) groups excluding carboxylic acids is 4. The molecule has 0 radical (unpaired) electrons. The zero-order valence-corrected chi connectivity index (χ0v) is 30.0. The molecule has 6 rings (SSSR count). The molecule has 1 saturated carbocycles. The number of aryl methyl sites for hydroxylation is 1. The van der Waals surface area contributed by atoms with Crippen molar-refractivity contribution in [3.8, 4) is 6.01 Å². The number of fused-ring (bicyclic) bond motifs is 1. The zero-order chi connectivity index (χ0) is 38.7. The second kappa shape index (κ2) is 15.3. The molecule has 1 heterocycles. The Bertz CT molecular complexity index is 2070. The summed E-state index contributed by atoms with van der Waals surface area (Å²) in [6.45, 7) is 2.26. The average Bonchev–Trinajstić information content (AvgIpc) is 3.82. The van der Waals surface area contributed by atoms with Crippen LogP contribution in [0.3, 0.4) is 0 Å². The maximum absolute atomic E-state index is 13.0. The Kier molecular flexibility index (Phi) is 10.8. The third-order valence-electron chi connectivity index (χ3n) is 8.83. The molecule has 0 saturated heterocycles. The van der Waals surface area contributed by atoms with Crippen LogP contribution in [0, 0.1) is 5.41 Å². The minimum absolute atomic E-state index is 0.00496. The molecule has 5 N–H and O–H groups in total. The molecule has 0 atom stereocenters. The van der Waals surface area contributed by atoms with Crippen LogP contribution in [0.5, 0.6) is 6.01 Å². The maximum Gasteiger partial charge on any atom is 0.422 e. The fourth-order valence-corrected chi connectivity index (χ4v) is 5.84. The van der Waals surface area contributed by atoms with Gasteiger partial charge in [-0.1, -0.05) is 37.6 Å². The quantitative estimate of drug-likeness (QED) is 0.102. The molecule has 17 heteroatoms. The van der Waals surface area contributed by atoms with Crippen LogP contribution in [-0.4, -0.2) is 64.3 Å². The van der Waals surface area contributed by atoms with Gasteiger partial charge in [0.25, 0.3) is 5.91 Å². The second-order valence-electron chi connectivity index (χ2n) is 13.9. The number of alkyl halides is 3. The van der Waals surface area contributed by atoms with Crippen molar-refractivity contribution < 1.29 is 37.1 Å². The highest BCUT2D eigenvalue weighted by atomic mass is 35.5. The second-order valence-corrected chi connectivity index (χ2v) is 14.3. The van der Waals surface area contributed by atoms with Gasteiger partial charge in [-0.2, -0.15) is 28.1 Å². The van der Waals surface area contributed by atoms with Gasteiger partial charge in [-0.25, -0.2) is 0 Å². The highest BCUT2D eigenvalue weighted by Crippen LogP contribution is 2.48. The predicted molar refractivity (Wildman–Crippen MR) is 194 cm³/mol. The molecule has 13 nitrogen and oxygen atoms in total. The number of aromatic nitrogens is 3. The number of benzene rings is 3. The molecule has 1 fully saturated rings. The molecule has 1 aromatic heterocycles. The number of hydrogen-bond donors (Lipinski definition) is 5. The predicted octanol–water partition coefficient (Wildman–Crippen LogP) is 5.95. The third kappa shape index (κ3) is 9.80. The van der Waals surface area contributed by atoms with E-state index < -0.39 is 47.5 Å². The van der Waals surface area contributed by atoms with Gasteiger partial charge in [-0.05, 0) is 90.4 Å². The average molecular weight is 765 g/mol. The molecular weight excluding hydrogens is 729 g/mol. The fourth-order valence-electron chi connectivity index (χ4n) is 5.71. The van der Waals surface area contributed by atoms with Gasteiger partial charge in [0.1, 0.15) is 0 Å². The van der Waals surface area contributed by atoms with E-state index in [0.717, 1.165) is 24.0 Å². The number of anilines is 4. The topological polar surface area (TPSA) is 176 Å². The van der Waals surface area contributed by atoms with Crippen molar-refractivity contribution in [3.63, 3.8) is 0 Å². The Morgan fingerprint density at radius 1 is 0.833 bits per heavy atom. The van der Waals surface area contributed by atoms with Crippen LogP contribution in [0.1, 0.15) is 65.0 Å². The van der Waals surface area contributed by atoms with Crippen molar-refractivity contribution in [1.29, 1.82) is 0 Å². The molecule has 3 amide bonds. The van der Waals surface area contributed by atoms with Gasteiger partial charge < -0.3 is 31.3 Å². The summed E-state index contributed by atoms with van der Waals surface area (Å²) in [7, 11) is 0. The molecule has 0 aliphatic heterocycles. The van der Waals surface area contributed by atoms with Crippen molar-refractivity contribution in [2.24, 2.45) is 5.41 Å². The molecule has 4 aromatic rings. The first kappa shape index (κ1) is 38.0. The molecule has 2 aliphatic rings. The van der Waals surface area contributed by atoms with E-state index in [0.29, 0.717) is 40.4 Å². The number of rotatable bonds is 13. The summed E-state index contributed by atoms with van der Waals surface area (Å²) in [5.41, 5.74) is 2.36. The lowest BCUT2D eigenvalue weighted by atomic mass is 9.93. The van der Waals surface area contributed by atoms with Gasteiger partial charge in [-0.3, -0.25) is 19.2 Å². The SMILES string of the molecule is CC(C)(CNC(=O)C(=O)Nc1ccc2c(c1)CCC2=O)CNC(=O)c1ccc(Nc2nc(NC3(c4ccc(Cl)cc4)CC3)nc(OCC(F)(F)F)n2)cc1. The summed E-state index contributed by atoms with van der Waals surface area (Å²) >= 11 is 6.03. The van der Waals surface area contributed by atoms with Crippen molar-refractivity contribution in [1.82, 2.24) is 25.6 Å². The lowest BCUT2D eigenvalue weighted by molar-refractivity contribution is -0.154. The van der Waals surface area contributed by atoms with Gasteiger partial charge in [-0.15, -0.1) is 0 Å². The summed E-state index contributed by atoms with van der Waals surface area (Å²) in [5.74, 6) is -2.13. The Labute approximate surface area is 312 Å². The molecule has 2 aliphatic carbocycles. The standard InChI is InChI=1S/C37H36ClF3N8O5/c1-35(2,19-43-30(52)31(53)44-26-12-13-27-22(17-26)5-14-28(27)50)18-42-29(51)21-3-10-25(11-4-21)45-32-46-33(48-34(47-32)54-20-37(39,40)41)49-36(15-16-36)23-6-8-24(38)9-7-23/h3-4,6-13,17H,5,14-16,18-20H2,1-2H3,(H,42,51)(H,43,52)(H,44,53)(H2,45,46,47,48,49). The number of nitrogens with one attached hydrogen (secondary N) is 5. The largest absolute Gasteiger partial charge is 0.454 e. The summed E-state index contributed by atoms with van der Waals surface area (Å²) in [6.07, 6.45) is -2.14. The number of halogens is 4. The Hall–Kier alpha value is -5.77. The highest BCUT2D eigenvalue weighted by Gasteiger charge is 2.45. The highest BCUT2D eigenvalue weighted by molar-refractivity contribution is 6.39. The van der Waals surface area contributed by atoms with Gasteiger partial charge in [0.2, 0.25) is 11.9 Å². The minimum atomic E-state index is -4.61. The first-order valence-electron chi connectivity index (χ1n) is 17.0. The Morgan fingerprint density at radius 3 is 2.19 bits per heavy atom. The number of nitrogens with zero attached hydrogens (tertiary/aromatic N) is 3.